The van der Waals surface area contributed by atoms with Gasteiger partial charge in [0.05, 0.1) is 0 Å². The Morgan fingerprint density at radius 3 is 2.81 bits per heavy atom. The molecule has 86 valence electrons. The molecule has 1 rings (SSSR count). The monoisotopic (exact) mass is 326 g/mol. The molecule has 0 unspecified atom stereocenters. The van der Waals surface area contributed by atoms with E-state index in [4.69, 9.17) is 0 Å². The average molecular weight is 325 g/mol. The minimum absolute atomic E-state index is 0.0385. The summed E-state index contributed by atoms with van der Waals surface area (Å²) < 4.78 is 1.36. The van der Waals surface area contributed by atoms with E-state index in [1.54, 1.807) is 0 Å². The Balaban J connectivity index is 2.52. The van der Waals surface area contributed by atoms with Gasteiger partial charge in [-0.2, -0.15) is 0 Å². The topological polar surface area (TPSA) is 32.3 Å². The second kappa shape index (κ2) is 6.91. The molecule has 2 radical (unpaired) electrons. The van der Waals surface area contributed by atoms with E-state index in [2.05, 4.69) is 21.2 Å². The van der Waals surface area contributed by atoms with Gasteiger partial charge < -0.3 is 0 Å². The summed E-state index contributed by atoms with van der Waals surface area (Å²) in [5.41, 5.74) is 0.791. The van der Waals surface area contributed by atoms with E-state index < -0.39 is 21.1 Å². The van der Waals surface area contributed by atoms with Crippen molar-refractivity contribution in [2.45, 2.75) is 4.94 Å². The molecule has 0 saturated heterocycles. The zero-order chi connectivity index (χ0) is 12.0. The molecule has 1 aromatic rings. The van der Waals surface area contributed by atoms with Gasteiger partial charge in [-0.1, -0.05) is 0 Å². The fourth-order valence-corrected chi connectivity index (χ4v) is 2.92. The molecule has 0 fully saturated rings. The number of hydrogen-bond donors (Lipinski definition) is 1. The molecule has 0 aliphatic rings. The van der Waals surface area contributed by atoms with Crippen LogP contribution in [0.15, 0.2) is 24.3 Å². The third kappa shape index (κ3) is 4.53. The van der Waals surface area contributed by atoms with Crippen molar-refractivity contribution < 1.29 is 4.79 Å². The van der Waals surface area contributed by atoms with Crippen LogP contribution in [0.2, 0.25) is 4.94 Å². The van der Waals surface area contributed by atoms with Gasteiger partial charge in [-0.25, -0.2) is 0 Å². The first kappa shape index (κ1) is 13.5. The molecule has 0 atom stereocenters. The summed E-state index contributed by atoms with van der Waals surface area (Å²) in [6.07, 6.45) is 0. The Kier molecular flexibility index (Phi) is 5.84. The quantitative estimate of drug-likeness (QED) is 0.793. The second-order valence-electron chi connectivity index (χ2n) is 3.89. The Morgan fingerprint density at radius 2 is 2.19 bits per heavy atom. The van der Waals surface area contributed by atoms with Gasteiger partial charge in [0.25, 0.3) is 0 Å². The van der Waals surface area contributed by atoms with Crippen molar-refractivity contribution in [3.8, 4) is 0 Å². The SMILES string of the molecule is [CH3][Sn][c]1cccc(C(=O)NCCN(C)C)c1. The summed E-state index contributed by atoms with van der Waals surface area (Å²) in [6.45, 7) is 1.57. The maximum atomic E-state index is 11.8. The number of carbonyl (C=O) groups is 1. The van der Waals surface area contributed by atoms with Crippen LogP contribution in [0, 0.1) is 0 Å². The molecular formula is C12H18N2OSn. The van der Waals surface area contributed by atoms with Gasteiger partial charge in [0, 0.05) is 0 Å². The summed E-state index contributed by atoms with van der Waals surface area (Å²) in [6, 6.07) is 7.99. The normalized spacial score (nSPS) is 10.5. The number of rotatable bonds is 5. The van der Waals surface area contributed by atoms with Crippen LogP contribution in [-0.4, -0.2) is 59.1 Å². The molecule has 0 bridgehead atoms. The van der Waals surface area contributed by atoms with E-state index in [0.29, 0.717) is 6.54 Å². The van der Waals surface area contributed by atoms with Crippen molar-refractivity contribution in [1.82, 2.24) is 10.2 Å². The first-order valence-electron chi connectivity index (χ1n) is 5.34. The molecule has 1 N–H and O–H groups in total. The van der Waals surface area contributed by atoms with Crippen molar-refractivity contribution in [3.63, 3.8) is 0 Å². The van der Waals surface area contributed by atoms with Gasteiger partial charge in [-0.3, -0.25) is 0 Å². The van der Waals surface area contributed by atoms with Gasteiger partial charge in [-0.05, 0) is 0 Å². The zero-order valence-corrected chi connectivity index (χ0v) is 12.9. The summed E-state index contributed by atoms with van der Waals surface area (Å²) in [5.74, 6) is 0.0385. The molecule has 4 heteroatoms. The van der Waals surface area contributed by atoms with Gasteiger partial charge in [0.15, 0.2) is 0 Å². The van der Waals surface area contributed by atoms with Crippen molar-refractivity contribution in [2.24, 2.45) is 0 Å². The van der Waals surface area contributed by atoms with Crippen LogP contribution in [0.5, 0.6) is 0 Å². The summed E-state index contributed by atoms with van der Waals surface area (Å²) in [7, 11) is 3.99. The first-order chi connectivity index (χ1) is 7.63. The summed E-state index contributed by atoms with van der Waals surface area (Å²) in [4.78, 5) is 16.1. The van der Waals surface area contributed by atoms with Gasteiger partial charge in [0.2, 0.25) is 0 Å². The van der Waals surface area contributed by atoms with E-state index >= 15 is 0 Å². The number of carbonyl (C=O) groups excluding carboxylic acids is 1. The molecule has 1 aromatic carbocycles. The van der Waals surface area contributed by atoms with Crippen LogP contribution in [0.4, 0.5) is 0 Å². The number of nitrogens with zero attached hydrogens (tertiary/aromatic N) is 1. The van der Waals surface area contributed by atoms with Gasteiger partial charge in [0.1, 0.15) is 0 Å². The van der Waals surface area contributed by atoms with Crippen LogP contribution < -0.4 is 8.90 Å². The third-order valence-corrected chi connectivity index (χ3v) is 4.79. The number of likely N-dealkylation sites (N-methyl/N-ethyl adjacent to an activating group) is 1. The number of hydrogen-bond acceptors (Lipinski definition) is 2. The number of amides is 1. The summed E-state index contributed by atoms with van der Waals surface area (Å²) in [5, 5.41) is 2.92. The van der Waals surface area contributed by atoms with Crippen molar-refractivity contribution in [3.05, 3.63) is 29.8 Å². The molecule has 16 heavy (non-hydrogen) atoms. The minimum atomic E-state index is -0.438. The van der Waals surface area contributed by atoms with Crippen molar-refractivity contribution in [2.75, 3.05) is 27.2 Å². The molecule has 0 heterocycles. The zero-order valence-electron chi connectivity index (χ0n) is 10.1. The van der Waals surface area contributed by atoms with Crippen LogP contribution in [0.25, 0.3) is 0 Å². The van der Waals surface area contributed by atoms with E-state index in [1.165, 1.54) is 3.58 Å². The van der Waals surface area contributed by atoms with Crippen LogP contribution in [-0.2, 0) is 0 Å². The van der Waals surface area contributed by atoms with Gasteiger partial charge >= 0.3 is 108 Å². The average Bonchev–Trinajstić information content (AvgIpc) is 2.28. The van der Waals surface area contributed by atoms with Gasteiger partial charge in [-0.15, -0.1) is 0 Å². The van der Waals surface area contributed by atoms with Crippen molar-refractivity contribution in [1.29, 1.82) is 0 Å². The molecule has 0 spiro atoms. The molecule has 0 aliphatic heterocycles. The predicted octanol–water partition coefficient (Wildman–Crippen LogP) is 0.356. The predicted molar refractivity (Wildman–Crippen MR) is 68.6 cm³/mol. The first-order valence-corrected chi connectivity index (χ1v) is 9.62. The fourth-order valence-electron chi connectivity index (χ4n) is 1.31. The molecule has 0 aromatic heterocycles. The fraction of sp³-hybridized carbons (Fsp3) is 0.417. The molecule has 0 saturated carbocycles. The molecule has 3 nitrogen and oxygen atoms in total. The number of nitrogens with one attached hydrogen (secondary N) is 1. The van der Waals surface area contributed by atoms with E-state index in [1.807, 2.05) is 32.3 Å². The third-order valence-electron chi connectivity index (χ3n) is 2.26. The van der Waals surface area contributed by atoms with Crippen LogP contribution >= 0.6 is 0 Å². The molecular weight excluding hydrogens is 307 g/mol. The van der Waals surface area contributed by atoms with Crippen LogP contribution in [0.1, 0.15) is 10.4 Å². The Bertz CT molecular complexity index is 353. The standard InChI is InChI=1S/C11H15N2O.CH3.Sn/c1-13(2)9-8-12-11(14)10-6-4-3-5-7-10;;/h3-4,6-7H,8-9H2,1-2H3,(H,12,14);1H3;. The summed E-state index contributed by atoms with van der Waals surface area (Å²) >= 11 is -0.438. The number of benzene rings is 1. The van der Waals surface area contributed by atoms with E-state index in [-0.39, 0.29) is 5.91 Å². The van der Waals surface area contributed by atoms with Crippen molar-refractivity contribution >= 4 is 30.6 Å². The Morgan fingerprint density at radius 1 is 1.44 bits per heavy atom. The second-order valence-corrected chi connectivity index (χ2v) is 6.96. The maximum absolute atomic E-state index is 11.8. The van der Waals surface area contributed by atoms with E-state index in [0.717, 1.165) is 12.1 Å². The molecule has 1 amide bonds. The Hall–Kier alpha value is -0.551. The van der Waals surface area contributed by atoms with E-state index in [9.17, 15) is 4.79 Å². The molecule has 0 aliphatic carbocycles. The van der Waals surface area contributed by atoms with Crippen LogP contribution in [0.3, 0.4) is 0 Å². The Labute approximate surface area is 107 Å².